The number of alkyl halides is 10. The standard InChI is InChI=1S/C8H6F10/c1-2-3-4(9,10)6(13,14)8(17,18)7(15,16)5(3,11)12/h3H,2H2,1H3. The van der Waals surface area contributed by atoms with Crippen LogP contribution in [-0.4, -0.2) is 29.6 Å². The minimum absolute atomic E-state index is 0.502. The van der Waals surface area contributed by atoms with Crippen LogP contribution in [0, 0.1) is 5.92 Å². The number of rotatable bonds is 1. The average Bonchev–Trinajstić information content (AvgIpc) is 2.15. The highest BCUT2D eigenvalue weighted by atomic mass is 19.4. The summed E-state index contributed by atoms with van der Waals surface area (Å²) in [5.74, 6) is -35.8. The van der Waals surface area contributed by atoms with Crippen molar-refractivity contribution in [3.05, 3.63) is 0 Å². The van der Waals surface area contributed by atoms with Crippen LogP contribution < -0.4 is 0 Å². The van der Waals surface area contributed by atoms with E-state index in [0.29, 0.717) is 6.92 Å². The molecular formula is C8H6F10. The van der Waals surface area contributed by atoms with E-state index >= 15 is 0 Å². The van der Waals surface area contributed by atoms with E-state index in [4.69, 9.17) is 0 Å². The molecular weight excluding hydrogens is 286 g/mol. The highest BCUT2D eigenvalue weighted by Crippen LogP contribution is 2.67. The van der Waals surface area contributed by atoms with Gasteiger partial charge in [-0.25, -0.2) is 0 Å². The molecule has 0 radical (unpaired) electrons. The van der Waals surface area contributed by atoms with Crippen molar-refractivity contribution in [1.82, 2.24) is 0 Å². The van der Waals surface area contributed by atoms with Gasteiger partial charge in [-0.15, -0.1) is 0 Å². The SMILES string of the molecule is CCC1C(F)(F)C(F)(F)C(F)(F)C(F)(F)C1(F)F. The molecule has 0 spiro atoms. The Morgan fingerprint density at radius 1 is 0.611 bits per heavy atom. The fourth-order valence-corrected chi connectivity index (χ4v) is 1.79. The predicted octanol–water partition coefficient (Wildman–Crippen LogP) is 4.20. The third-order valence-corrected chi connectivity index (χ3v) is 2.91. The zero-order chi connectivity index (χ0) is 14.8. The third-order valence-electron chi connectivity index (χ3n) is 2.91. The highest BCUT2D eigenvalue weighted by molar-refractivity contribution is 5.18. The van der Waals surface area contributed by atoms with Gasteiger partial charge in [0, 0.05) is 0 Å². The number of hydrogen-bond acceptors (Lipinski definition) is 0. The minimum atomic E-state index is -6.85. The molecule has 0 saturated heterocycles. The highest BCUT2D eigenvalue weighted by Gasteiger charge is 2.94. The number of hydrogen-bond donors (Lipinski definition) is 0. The summed E-state index contributed by atoms with van der Waals surface area (Å²) < 4.78 is 128. The van der Waals surface area contributed by atoms with Crippen molar-refractivity contribution in [1.29, 1.82) is 0 Å². The van der Waals surface area contributed by atoms with E-state index < -0.39 is 42.0 Å². The molecule has 1 saturated carbocycles. The molecule has 0 atom stereocenters. The van der Waals surface area contributed by atoms with Gasteiger partial charge in [-0.2, -0.15) is 43.9 Å². The van der Waals surface area contributed by atoms with Gasteiger partial charge in [0.25, 0.3) is 0 Å². The fraction of sp³-hybridized carbons (Fsp3) is 1.00. The molecule has 10 heteroatoms. The van der Waals surface area contributed by atoms with Crippen LogP contribution in [0.4, 0.5) is 43.9 Å². The normalized spacial score (nSPS) is 32.2. The first-order valence-electron chi connectivity index (χ1n) is 4.58. The molecule has 1 fully saturated rings. The van der Waals surface area contributed by atoms with E-state index in [-0.39, 0.29) is 0 Å². The van der Waals surface area contributed by atoms with Crippen LogP contribution in [0.3, 0.4) is 0 Å². The first kappa shape index (κ1) is 15.4. The minimum Gasteiger partial charge on any atom is -0.199 e. The topological polar surface area (TPSA) is 0 Å². The van der Waals surface area contributed by atoms with Gasteiger partial charge in [-0.3, -0.25) is 0 Å². The summed E-state index contributed by atoms with van der Waals surface area (Å²) in [4.78, 5) is 0. The van der Waals surface area contributed by atoms with Crippen molar-refractivity contribution in [3.8, 4) is 0 Å². The van der Waals surface area contributed by atoms with Gasteiger partial charge in [0.2, 0.25) is 0 Å². The first-order chi connectivity index (χ1) is 7.69. The van der Waals surface area contributed by atoms with Crippen LogP contribution >= 0.6 is 0 Å². The monoisotopic (exact) mass is 292 g/mol. The average molecular weight is 292 g/mol. The van der Waals surface area contributed by atoms with E-state index in [0.717, 1.165) is 0 Å². The lowest BCUT2D eigenvalue weighted by Gasteiger charge is -2.49. The van der Waals surface area contributed by atoms with E-state index in [1.807, 2.05) is 0 Å². The maximum absolute atomic E-state index is 12.9. The zero-order valence-corrected chi connectivity index (χ0v) is 8.56. The van der Waals surface area contributed by atoms with E-state index in [2.05, 4.69) is 0 Å². The molecule has 18 heavy (non-hydrogen) atoms. The Labute approximate surface area is 93.9 Å². The summed E-state index contributed by atoms with van der Waals surface area (Å²) in [7, 11) is 0. The maximum atomic E-state index is 12.9. The van der Waals surface area contributed by atoms with Crippen LogP contribution in [0.1, 0.15) is 13.3 Å². The largest absolute Gasteiger partial charge is 0.384 e. The maximum Gasteiger partial charge on any atom is 0.384 e. The molecule has 0 amide bonds. The van der Waals surface area contributed by atoms with Crippen LogP contribution in [0.25, 0.3) is 0 Å². The Balaban J connectivity index is 3.59. The second kappa shape index (κ2) is 3.44. The lowest BCUT2D eigenvalue weighted by molar-refractivity contribution is -0.463. The molecule has 0 aromatic heterocycles. The molecule has 1 aliphatic carbocycles. The smallest absolute Gasteiger partial charge is 0.199 e. The van der Waals surface area contributed by atoms with Gasteiger partial charge in [0.1, 0.15) is 0 Å². The lowest BCUT2D eigenvalue weighted by Crippen LogP contribution is -2.77. The van der Waals surface area contributed by atoms with Crippen molar-refractivity contribution in [3.63, 3.8) is 0 Å². The Kier molecular flexibility index (Phi) is 2.94. The summed E-state index contributed by atoms with van der Waals surface area (Å²) in [6.07, 6.45) is -1.51. The fourth-order valence-electron chi connectivity index (χ4n) is 1.79. The number of halogens is 10. The molecule has 0 bridgehead atoms. The van der Waals surface area contributed by atoms with Crippen LogP contribution in [0.5, 0.6) is 0 Å². The zero-order valence-electron chi connectivity index (χ0n) is 8.56. The summed E-state index contributed by atoms with van der Waals surface area (Å²) >= 11 is 0. The summed E-state index contributed by atoms with van der Waals surface area (Å²) in [6, 6.07) is 0. The van der Waals surface area contributed by atoms with Gasteiger partial charge in [0.15, 0.2) is 0 Å². The van der Waals surface area contributed by atoms with Gasteiger partial charge >= 0.3 is 29.6 Å². The quantitative estimate of drug-likeness (QED) is 0.635. The molecule has 0 nitrogen and oxygen atoms in total. The Morgan fingerprint density at radius 3 is 1.11 bits per heavy atom. The Bertz CT molecular complexity index is 314. The van der Waals surface area contributed by atoms with E-state index in [1.54, 1.807) is 0 Å². The molecule has 1 aliphatic rings. The van der Waals surface area contributed by atoms with Gasteiger partial charge in [-0.05, 0) is 6.42 Å². The molecule has 0 aromatic rings. The van der Waals surface area contributed by atoms with Crippen molar-refractivity contribution >= 4 is 0 Å². The second-order valence-corrected chi connectivity index (χ2v) is 3.93. The Hall–Kier alpha value is -0.700. The molecule has 0 aliphatic heterocycles. The van der Waals surface area contributed by atoms with Crippen molar-refractivity contribution in [2.75, 3.05) is 0 Å². The molecule has 1 rings (SSSR count). The Morgan fingerprint density at radius 2 is 0.889 bits per heavy atom. The van der Waals surface area contributed by atoms with E-state index in [9.17, 15) is 43.9 Å². The summed E-state index contributed by atoms with van der Waals surface area (Å²) in [6.45, 7) is 0.502. The molecule has 0 unspecified atom stereocenters. The molecule has 108 valence electrons. The third kappa shape index (κ3) is 1.29. The van der Waals surface area contributed by atoms with Crippen molar-refractivity contribution in [2.24, 2.45) is 5.92 Å². The molecule has 0 aromatic carbocycles. The summed E-state index contributed by atoms with van der Waals surface area (Å²) in [5, 5.41) is 0. The van der Waals surface area contributed by atoms with Gasteiger partial charge in [-0.1, -0.05) is 6.92 Å². The molecule has 0 heterocycles. The molecule has 0 N–H and O–H groups in total. The first-order valence-corrected chi connectivity index (χ1v) is 4.58. The van der Waals surface area contributed by atoms with Gasteiger partial charge in [0.05, 0.1) is 5.92 Å². The van der Waals surface area contributed by atoms with Crippen molar-refractivity contribution < 1.29 is 43.9 Å². The second-order valence-electron chi connectivity index (χ2n) is 3.93. The van der Waals surface area contributed by atoms with Crippen LogP contribution in [-0.2, 0) is 0 Å². The predicted molar refractivity (Wildman–Crippen MR) is 38.5 cm³/mol. The lowest BCUT2D eigenvalue weighted by atomic mass is 9.73. The van der Waals surface area contributed by atoms with Crippen molar-refractivity contribution in [2.45, 2.75) is 43.0 Å². The van der Waals surface area contributed by atoms with Gasteiger partial charge < -0.3 is 0 Å². The van der Waals surface area contributed by atoms with Crippen LogP contribution in [0.15, 0.2) is 0 Å². The van der Waals surface area contributed by atoms with E-state index in [1.165, 1.54) is 0 Å². The van der Waals surface area contributed by atoms with Crippen LogP contribution in [0.2, 0.25) is 0 Å². The summed E-state index contributed by atoms with van der Waals surface area (Å²) in [5.41, 5.74) is 0.